The van der Waals surface area contributed by atoms with Crippen molar-refractivity contribution in [2.75, 3.05) is 26.7 Å². The molecule has 0 aromatic carbocycles. The predicted octanol–water partition coefficient (Wildman–Crippen LogP) is 1.30. The zero-order valence-corrected chi connectivity index (χ0v) is 11.4. The average molecular weight is 237 g/mol. The Kier molecular flexibility index (Phi) is 3.42. The largest absolute Gasteiger partial charge is 0.317 e. The molecule has 3 rings (SSSR count). The quantitative estimate of drug-likeness (QED) is 0.781. The molecule has 17 heavy (non-hydrogen) atoms. The maximum Gasteiger partial charge on any atom is 0.0224 e. The molecule has 3 heteroatoms. The van der Waals surface area contributed by atoms with Crippen LogP contribution in [0.4, 0.5) is 0 Å². The first kappa shape index (κ1) is 11.9. The van der Waals surface area contributed by atoms with Gasteiger partial charge in [-0.3, -0.25) is 9.80 Å². The maximum absolute atomic E-state index is 3.46. The molecule has 0 amide bonds. The second-order valence-electron chi connectivity index (χ2n) is 6.29. The summed E-state index contributed by atoms with van der Waals surface area (Å²) in [5.74, 6) is 0. The van der Waals surface area contributed by atoms with Crippen molar-refractivity contribution >= 4 is 0 Å². The molecular weight excluding hydrogens is 210 g/mol. The van der Waals surface area contributed by atoms with E-state index >= 15 is 0 Å². The van der Waals surface area contributed by atoms with E-state index in [4.69, 9.17) is 0 Å². The molecule has 2 saturated heterocycles. The fourth-order valence-corrected chi connectivity index (χ4v) is 4.24. The van der Waals surface area contributed by atoms with Crippen LogP contribution in [0.15, 0.2) is 0 Å². The summed E-state index contributed by atoms with van der Waals surface area (Å²) in [6.07, 6.45) is 7.01. The summed E-state index contributed by atoms with van der Waals surface area (Å²) in [6.45, 7) is 6.43. The van der Waals surface area contributed by atoms with E-state index in [-0.39, 0.29) is 0 Å². The van der Waals surface area contributed by atoms with Gasteiger partial charge >= 0.3 is 0 Å². The van der Waals surface area contributed by atoms with Crippen LogP contribution in [0.2, 0.25) is 0 Å². The van der Waals surface area contributed by atoms with Gasteiger partial charge in [0.2, 0.25) is 0 Å². The summed E-state index contributed by atoms with van der Waals surface area (Å²) >= 11 is 0. The van der Waals surface area contributed by atoms with Gasteiger partial charge in [-0.25, -0.2) is 0 Å². The van der Waals surface area contributed by atoms with Gasteiger partial charge in [0.05, 0.1) is 0 Å². The molecule has 0 bridgehead atoms. The highest BCUT2D eigenvalue weighted by Gasteiger charge is 2.39. The molecule has 2 heterocycles. The normalized spacial score (nSPS) is 44.1. The number of piperazine rings is 1. The van der Waals surface area contributed by atoms with Crippen molar-refractivity contribution in [1.82, 2.24) is 15.1 Å². The first-order chi connectivity index (χ1) is 8.28. The summed E-state index contributed by atoms with van der Waals surface area (Å²) in [5, 5.41) is 3.46. The van der Waals surface area contributed by atoms with E-state index < -0.39 is 0 Å². The number of nitrogens with one attached hydrogen (secondary N) is 1. The molecule has 0 aromatic rings. The maximum atomic E-state index is 3.46. The number of hydrogen-bond donors (Lipinski definition) is 1. The minimum Gasteiger partial charge on any atom is -0.317 e. The van der Waals surface area contributed by atoms with E-state index in [1.54, 1.807) is 0 Å². The predicted molar refractivity (Wildman–Crippen MR) is 71.2 cm³/mol. The van der Waals surface area contributed by atoms with Crippen LogP contribution in [0.1, 0.15) is 39.0 Å². The molecule has 1 aliphatic carbocycles. The van der Waals surface area contributed by atoms with Gasteiger partial charge in [0.15, 0.2) is 0 Å². The van der Waals surface area contributed by atoms with Crippen LogP contribution in [0.25, 0.3) is 0 Å². The Balaban J connectivity index is 1.63. The molecule has 3 fully saturated rings. The molecule has 1 saturated carbocycles. The van der Waals surface area contributed by atoms with Crippen LogP contribution in [0, 0.1) is 0 Å². The van der Waals surface area contributed by atoms with Crippen molar-refractivity contribution in [2.45, 2.75) is 63.2 Å². The lowest BCUT2D eigenvalue weighted by molar-refractivity contribution is 0.0291. The highest BCUT2D eigenvalue weighted by atomic mass is 15.3. The fraction of sp³-hybridized carbons (Fsp3) is 1.00. The fourth-order valence-electron chi connectivity index (χ4n) is 4.24. The molecule has 4 unspecified atom stereocenters. The van der Waals surface area contributed by atoms with Gasteiger partial charge in [-0.15, -0.1) is 0 Å². The van der Waals surface area contributed by atoms with Gasteiger partial charge in [0.1, 0.15) is 0 Å². The Bertz CT molecular complexity index is 268. The van der Waals surface area contributed by atoms with Crippen molar-refractivity contribution in [3.05, 3.63) is 0 Å². The molecule has 3 nitrogen and oxygen atoms in total. The lowest BCUT2D eigenvalue weighted by atomic mass is 10.0. The van der Waals surface area contributed by atoms with E-state index in [1.165, 1.54) is 51.7 Å². The topological polar surface area (TPSA) is 18.5 Å². The zero-order chi connectivity index (χ0) is 11.8. The summed E-state index contributed by atoms with van der Waals surface area (Å²) in [5.41, 5.74) is 0. The van der Waals surface area contributed by atoms with Gasteiger partial charge in [0, 0.05) is 37.3 Å². The molecule has 0 spiro atoms. The van der Waals surface area contributed by atoms with Crippen LogP contribution in [0.5, 0.6) is 0 Å². The number of rotatable bonds is 2. The third kappa shape index (κ3) is 2.25. The molecule has 1 N–H and O–H groups in total. The van der Waals surface area contributed by atoms with Gasteiger partial charge < -0.3 is 5.32 Å². The van der Waals surface area contributed by atoms with Crippen LogP contribution in [-0.4, -0.2) is 60.6 Å². The van der Waals surface area contributed by atoms with Crippen molar-refractivity contribution in [3.63, 3.8) is 0 Å². The monoisotopic (exact) mass is 237 g/mol. The molecule has 3 aliphatic rings. The Morgan fingerprint density at radius 3 is 2.71 bits per heavy atom. The lowest BCUT2D eigenvalue weighted by Gasteiger charge is -2.45. The van der Waals surface area contributed by atoms with Crippen molar-refractivity contribution in [1.29, 1.82) is 0 Å². The molecular formula is C14H27N3. The van der Waals surface area contributed by atoms with E-state index in [0.717, 1.165) is 24.2 Å². The van der Waals surface area contributed by atoms with Crippen LogP contribution < -0.4 is 5.32 Å². The van der Waals surface area contributed by atoms with Crippen molar-refractivity contribution in [2.24, 2.45) is 0 Å². The highest BCUT2D eigenvalue weighted by molar-refractivity contribution is 4.96. The molecule has 2 aliphatic heterocycles. The Hall–Kier alpha value is -0.120. The third-order valence-corrected chi connectivity index (χ3v) is 5.27. The Morgan fingerprint density at radius 1 is 1.06 bits per heavy atom. The van der Waals surface area contributed by atoms with E-state index in [2.05, 4.69) is 29.1 Å². The smallest absolute Gasteiger partial charge is 0.0224 e. The molecule has 98 valence electrons. The third-order valence-electron chi connectivity index (χ3n) is 5.27. The lowest BCUT2D eigenvalue weighted by Crippen LogP contribution is -2.57. The Morgan fingerprint density at radius 2 is 1.94 bits per heavy atom. The van der Waals surface area contributed by atoms with Crippen LogP contribution in [0.3, 0.4) is 0 Å². The van der Waals surface area contributed by atoms with Crippen LogP contribution >= 0.6 is 0 Å². The van der Waals surface area contributed by atoms with E-state index in [9.17, 15) is 0 Å². The SMILES string of the molecule is CNC1CCC(N2CC3CCCN3CC2C)C1. The molecule has 0 radical (unpaired) electrons. The average Bonchev–Trinajstić information content (AvgIpc) is 2.94. The van der Waals surface area contributed by atoms with E-state index in [0.29, 0.717) is 0 Å². The highest BCUT2D eigenvalue weighted by Crippen LogP contribution is 2.31. The first-order valence-electron chi connectivity index (χ1n) is 7.45. The van der Waals surface area contributed by atoms with Gasteiger partial charge in [-0.2, -0.15) is 0 Å². The Labute approximate surface area is 106 Å². The summed E-state index contributed by atoms with van der Waals surface area (Å²) in [6, 6.07) is 3.27. The zero-order valence-electron chi connectivity index (χ0n) is 11.4. The number of fused-ring (bicyclic) bond motifs is 1. The number of nitrogens with zero attached hydrogens (tertiary/aromatic N) is 2. The second kappa shape index (κ2) is 4.87. The minimum absolute atomic E-state index is 0.768. The van der Waals surface area contributed by atoms with Gasteiger partial charge in [0.25, 0.3) is 0 Å². The van der Waals surface area contributed by atoms with E-state index in [1.807, 2.05) is 0 Å². The summed E-state index contributed by atoms with van der Waals surface area (Å²) in [4.78, 5) is 5.55. The number of hydrogen-bond acceptors (Lipinski definition) is 3. The molecule has 0 aromatic heterocycles. The van der Waals surface area contributed by atoms with Gasteiger partial charge in [-0.05, 0) is 52.6 Å². The minimum atomic E-state index is 0.768. The standard InChI is InChI=1S/C14H27N3/c1-11-9-16-7-3-4-14(16)10-17(11)13-6-5-12(8-13)15-2/h11-15H,3-10H2,1-2H3. The summed E-state index contributed by atoms with van der Waals surface area (Å²) < 4.78 is 0. The van der Waals surface area contributed by atoms with Gasteiger partial charge in [-0.1, -0.05) is 0 Å². The summed E-state index contributed by atoms with van der Waals surface area (Å²) in [7, 11) is 2.12. The second-order valence-corrected chi connectivity index (χ2v) is 6.29. The van der Waals surface area contributed by atoms with Crippen LogP contribution in [-0.2, 0) is 0 Å². The molecule has 4 atom stereocenters. The van der Waals surface area contributed by atoms with Crippen molar-refractivity contribution < 1.29 is 0 Å². The van der Waals surface area contributed by atoms with Crippen molar-refractivity contribution in [3.8, 4) is 0 Å². The first-order valence-corrected chi connectivity index (χ1v) is 7.45.